The van der Waals surface area contributed by atoms with Gasteiger partial charge < -0.3 is 14.0 Å². The number of hydrogen-bond acceptors (Lipinski definition) is 4. The molecule has 1 aliphatic rings. The van der Waals surface area contributed by atoms with Gasteiger partial charge in [0.05, 0.1) is 25.8 Å². The molecule has 1 aromatic heterocycles. The van der Waals surface area contributed by atoms with Crippen LogP contribution in [0.15, 0.2) is 30.5 Å². The maximum atomic E-state index is 11.7. The first-order valence-corrected chi connectivity index (χ1v) is 6.99. The fourth-order valence-corrected chi connectivity index (χ4v) is 2.70. The molecular formula is C16H18N2O3. The van der Waals surface area contributed by atoms with Gasteiger partial charge >= 0.3 is 5.97 Å². The van der Waals surface area contributed by atoms with E-state index < -0.39 is 0 Å². The minimum Gasteiger partial charge on any atom is -0.497 e. The van der Waals surface area contributed by atoms with Crippen LogP contribution in [-0.2, 0) is 22.5 Å². The molecule has 0 N–H and O–H groups in total. The summed E-state index contributed by atoms with van der Waals surface area (Å²) < 4.78 is 12.1. The van der Waals surface area contributed by atoms with E-state index in [1.807, 2.05) is 30.5 Å². The number of carbonyl (C=O) groups is 1. The molecule has 21 heavy (non-hydrogen) atoms. The van der Waals surface area contributed by atoms with Gasteiger partial charge in [-0.1, -0.05) is 0 Å². The van der Waals surface area contributed by atoms with Gasteiger partial charge in [-0.3, -0.25) is 4.79 Å². The third-order valence-corrected chi connectivity index (χ3v) is 3.91. The largest absolute Gasteiger partial charge is 0.497 e. The summed E-state index contributed by atoms with van der Waals surface area (Å²) in [5.74, 6) is 1.65. The zero-order valence-electron chi connectivity index (χ0n) is 12.2. The summed E-state index contributed by atoms with van der Waals surface area (Å²) >= 11 is 0. The van der Waals surface area contributed by atoms with E-state index in [9.17, 15) is 4.79 Å². The third kappa shape index (κ3) is 2.63. The molecule has 1 atom stereocenters. The lowest BCUT2D eigenvalue weighted by Crippen LogP contribution is -2.27. The molecule has 0 fully saturated rings. The van der Waals surface area contributed by atoms with Crippen LogP contribution in [0.3, 0.4) is 0 Å². The van der Waals surface area contributed by atoms with E-state index in [1.54, 1.807) is 7.11 Å². The van der Waals surface area contributed by atoms with Crippen molar-refractivity contribution in [3.8, 4) is 17.0 Å². The normalized spacial score (nSPS) is 17.1. The standard InChI is InChI=1S/C16H18N2O3/c1-20-13-6-3-11(4-7-13)14-10-18-9-12(16(19)21-2)5-8-15(18)17-14/h3-4,6-7,10,12H,5,8-9H2,1-2H3. The highest BCUT2D eigenvalue weighted by Gasteiger charge is 2.26. The first-order chi connectivity index (χ1) is 10.2. The molecule has 3 rings (SSSR count). The fourth-order valence-electron chi connectivity index (χ4n) is 2.70. The van der Waals surface area contributed by atoms with Crippen LogP contribution in [0.4, 0.5) is 0 Å². The predicted molar refractivity (Wildman–Crippen MR) is 78.0 cm³/mol. The molecular weight excluding hydrogens is 268 g/mol. The van der Waals surface area contributed by atoms with E-state index in [-0.39, 0.29) is 11.9 Å². The number of methoxy groups -OCH3 is 2. The topological polar surface area (TPSA) is 53.4 Å². The molecule has 1 aliphatic heterocycles. The number of aromatic nitrogens is 2. The monoisotopic (exact) mass is 286 g/mol. The Bertz CT molecular complexity index is 646. The second kappa shape index (κ2) is 5.60. The number of fused-ring (bicyclic) bond motifs is 1. The molecule has 0 aliphatic carbocycles. The van der Waals surface area contributed by atoms with Crippen LogP contribution >= 0.6 is 0 Å². The second-order valence-electron chi connectivity index (χ2n) is 5.18. The quantitative estimate of drug-likeness (QED) is 0.812. The summed E-state index contributed by atoms with van der Waals surface area (Å²) in [6.07, 6.45) is 3.61. The van der Waals surface area contributed by atoms with Crippen molar-refractivity contribution in [2.24, 2.45) is 5.92 Å². The van der Waals surface area contributed by atoms with Gasteiger partial charge in [0.15, 0.2) is 0 Å². The van der Waals surface area contributed by atoms with Gasteiger partial charge in [-0.15, -0.1) is 0 Å². The van der Waals surface area contributed by atoms with Gasteiger partial charge in [0.1, 0.15) is 11.6 Å². The lowest BCUT2D eigenvalue weighted by molar-refractivity contribution is -0.146. The Morgan fingerprint density at radius 3 is 2.71 bits per heavy atom. The van der Waals surface area contributed by atoms with Gasteiger partial charge in [0.2, 0.25) is 0 Å². The smallest absolute Gasteiger partial charge is 0.310 e. The zero-order chi connectivity index (χ0) is 14.8. The van der Waals surface area contributed by atoms with E-state index in [1.165, 1.54) is 7.11 Å². The van der Waals surface area contributed by atoms with Gasteiger partial charge in [-0.25, -0.2) is 4.98 Å². The SMILES string of the molecule is COC(=O)C1CCc2nc(-c3ccc(OC)cc3)cn2C1. The van der Waals surface area contributed by atoms with Gasteiger partial charge in [0.25, 0.3) is 0 Å². The minimum atomic E-state index is -0.139. The third-order valence-electron chi connectivity index (χ3n) is 3.91. The van der Waals surface area contributed by atoms with Crippen LogP contribution in [-0.4, -0.2) is 29.7 Å². The molecule has 5 heteroatoms. The maximum Gasteiger partial charge on any atom is 0.310 e. The molecule has 0 spiro atoms. The van der Waals surface area contributed by atoms with Gasteiger partial charge in [0, 0.05) is 24.7 Å². The number of hydrogen-bond donors (Lipinski definition) is 0. The van der Waals surface area contributed by atoms with Crippen LogP contribution in [0.5, 0.6) is 5.75 Å². The van der Waals surface area contributed by atoms with Crippen LogP contribution < -0.4 is 4.74 Å². The van der Waals surface area contributed by atoms with Crippen LogP contribution in [0.25, 0.3) is 11.3 Å². The first kappa shape index (κ1) is 13.7. The van der Waals surface area contributed by atoms with E-state index in [0.717, 1.165) is 35.7 Å². The highest BCUT2D eigenvalue weighted by atomic mass is 16.5. The molecule has 0 bridgehead atoms. The Kier molecular flexibility index (Phi) is 3.64. The molecule has 0 saturated carbocycles. The average molecular weight is 286 g/mol. The summed E-state index contributed by atoms with van der Waals surface area (Å²) in [4.78, 5) is 16.3. The lowest BCUT2D eigenvalue weighted by atomic mass is 10.00. The first-order valence-electron chi connectivity index (χ1n) is 6.99. The maximum absolute atomic E-state index is 11.7. The summed E-state index contributed by atoms with van der Waals surface area (Å²) in [6.45, 7) is 0.644. The summed E-state index contributed by atoms with van der Waals surface area (Å²) in [5.41, 5.74) is 1.98. The number of benzene rings is 1. The molecule has 1 unspecified atom stereocenters. The van der Waals surface area contributed by atoms with Crippen LogP contribution in [0.2, 0.25) is 0 Å². The molecule has 0 amide bonds. The van der Waals surface area contributed by atoms with Crippen molar-refractivity contribution in [2.75, 3.05) is 14.2 Å². The minimum absolute atomic E-state index is 0.0691. The number of carbonyl (C=O) groups excluding carboxylic acids is 1. The zero-order valence-corrected chi connectivity index (χ0v) is 12.2. The number of esters is 1. The van der Waals surface area contributed by atoms with Crippen LogP contribution in [0.1, 0.15) is 12.2 Å². The summed E-state index contributed by atoms with van der Waals surface area (Å²) in [5, 5.41) is 0. The number of imidazole rings is 1. The Labute approximate surface area is 123 Å². The van der Waals surface area contributed by atoms with Crippen molar-refractivity contribution < 1.29 is 14.3 Å². The lowest BCUT2D eigenvalue weighted by Gasteiger charge is -2.21. The molecule has 1 aromatic carbocycles. The average Bonchev–Trinajstić information content (AvgIpc) is 2.97. The van der Waals surface area contributed by atoms with Crippen molar-refractivity contribution >= 4 is 5.97 Å². The van der Waals surface area contributed by atoms with E-state index in [4.69, 9.17) is 9.47 Å². The molecule has 5 nitrogen and oxygen atoms in total. The molecule has 0 saturated heterocycles. The van der Waals surface area contributed by atoms with Crippen molar-refractivity contribution in [3.05, 3.63) is 36.3 Å². The van der Waals surface area contributed by atoms with E-state index in [0.29, 0.717) is 6.54 Å². The van der Waals surface area contributed by atoms with Gasteiger partial charge in [-0.2, -0.15) is 0 Å². The van der Waals surface area contributed by atoms with Crippen molar-refractivity contribution in [3.63, 3.8) is 0 Å². The highest BCUT2D eigenvalue weighted by Crippen LogP contribution is 2.26. The van der Waals surface area contributed by atoms with Crippen molar-refractivity contribution in [1.29, 1.82) is 0 Å². The number of ether oxygens (including phenoxy) is 2. The molecule has 2 aromatic rings. The molecule has 0 radical (unpaired) electrons. The second-order valence-corrected chi connectivity index (χ2v) is 5.18. The summed E-state index contributed by atoms with van der Waals surface area (Å²) in [7, 11) is 3.09. The molecule has 110 valence electrons. The Morgan fingerprint density at radius 2 is 2.05 bits per heavy atom. The van der Waals surface area contributed by atoms with Crippen molar-refractivity contribution in [1.82, 2.24) is 9.55 Å². The predicted octanol–water partition coefficient (Wildman–Crippen LogP) is 2.29. The van der Waals surface area contributed by atoms with E-state index >= 15 is 0 Å². The number of nitrogens with zero attached hydrogens (tertiary/aromatic N) is 2. The Balaban J connectivity index is 1.84. The highest BCUT2D eigenvalue weighted by molar-refractivity contribution is 5.72. The van der Waals surface area contributed by atoms with Crippen molar-refractivity contribution in [2.45, 2.75) is 19.4 Å². The van der Waals surface area contributed by atoms with Crippen LogP contribution in [0, 0.1) is 5.92 Å². The Morgan fingerprint density at radius 1 is 1.29 bits per heavy atom. The number of aryl methyl sites for hydroxylation is 1. The Hall–Kier alpha value is -2.30. The van der Waals surface area contributed by atoms with Gasteiger partial charge in [-0.05, 0) is 30.7 Å². The molecule has 2 heterocycles. The number of rotatable bonds is 3. The van der Waals surface area contributed by atoms with E-state index in [2.05, 4.69) is 9.55 Å². The summed E-state index contributed by atoms with van der Waals surface area (Å²) in [6, 6.07) is 7.83. The fraction of sp³-hybridized carbons (Fsp3) is 0.375.